The van der Waals surface area contributed by atoms with E-state index < -0.39 is 18.6 Å². The van der Waals surface area contributed by atoms with Crippen LogP contribution in [0.4, 0.5) is 18.9 Å². The molecule has 1 saturated heterocycles. The monoisotopic (exact) mass is 541 g/mol. The number of benzene rings is 1. The van der Waals surface area contributed by atoms with E-state index in [0.717, 1.165) is 20.1 Å². The Morgan fingerprint density at radius 2 is 1.83 bits per heavy atom. The van der Waals surface area contributed by atoms with Crippen molar-refractivity contribution in [1.82, 2.24) is 15.1 Å². The van der Waals surface area contributed by atoms with Gasteiger partial charge in [-0.2, -0.15) is 13.2 Å². The average molecular weight is 541 g/mol. The maximum absolute atomic E-state index is 12.5. The first-order chi connectivity index (χ1) is 13.6. The molecule has 0 radical (unpaired) electrons. The number of nitrogens with one attached hydrogen (secondary N) is 1. The van der Waals surface area contributed by atoms with Crippen LogP contribution >= 0.6 is 24.0 Å². The predicted molar refractivity (Wildman–Crippen MR) is 125 cm³/mol. The minimum absolute atomic E-state index is 0. The summed E-state index contributed by atoms with van der Waals surface area (Å²) in [6.45, 7) is 8.19. The Bertz CT molecular complexity index is 734. The Morgan fingerprint density at radius 1 is 1.20 bits per heavy atom. The van der Waals surface area contributed by atoms with Crippen LogP contribution in [0, 0.1) is 13.8 Å². The van der Waals surface area contributed by atoms with E-state index in [4.69, 9.17) is 0 Å². The number of rotatable bonds is 5. The second kappa shape index (κ2) is 11.6. The molecule has 1 aromatic rings. The highest BCUT2D eigenvalue weighted by Crippen LogP contribution is 2.23. The van der Waals surface area contributed by atoms with Gasteiger partial charge >= 0.3 is 6.18 Å². The van der Waals surface area contributed by atoms with E-state index >= 15 is 0 Å². The van der Waals surface area contributed by atoms with Gasteiger partial charge in [-0.15, -0.1) is 24.0 Å². The van der Waals surface area contributed by atoms with E-state index in [1.807, 2.05) is 11.8 Å². The second-order valence-electron chi connectivity index (χ2n) is 7.23. The zero-order valence-corrected chi connectivity index (χ0v) is 20.3. The summed E-state index contributed by atoms with van der Waals surface area (Å²) in [5.41, 5.74) is 3.73. The summed E-state index contributed by atoms with van der Waals surface area (Å²) in [7, 11) is 1.14. The fourth-order valence-electron chi connectivity index (χ4n) is 3.28. The molecule has 1 aliphatic rings. The molecule has 1 amide bonds. The lowest BCUT2D eigenvalue weighted by Gasteiger charge is -2.38. The molecule has 2 rings (SSSR count). The van der Waals surface area contributed by atoms with Crippen LogP contribution in [0.3, 0.4) is 0 Å². The lowest BCUT2D eigenvalue weighted by molar-refractivity contribution is -0.157. The van der Waals surface area contributed by atoms with Crippen LogP contribution in [-0.4, -0.2) is 80.7 Å². The quantitative estimate of drug-likeness (QED) is 0.354. The summed E-state index contributed by atoms with van der Waals surface area (Å²) < 4.78 is 37.4. The Balaban J connectivity index is 0.00000450. The number of aliphatic imine (C=N–C) groups is 1. The molecule has 0 bridgehead atoms. The van der Waals surface area contributed by atoms with Crippen molar-refractivity contribution in [3.63, 3.8) is 0 Å². The van der Waals surface area contributed by atoms with Crippen LogP contribution < -0.4 is 10.2 Å². The van der Waals surface area contributed by atoms with Gasteiger partial charge in [-0.1, -0.05) is 12.1 Å². The van der Waals surface area contributed by atoms with E-state index in [2.05, 4.69) is 47.3 Å². The number of nitrogens with zero attached hydrogens (tertiary/aromatic N) is 4. The number of guanidine groups is 1. The standard InChI is InChI=1S/C20H30F3N5O.HI/c1-5-24-19(25-13-18(29)26(4)14-20(21,22)23)28-11-9-27(10-12-28)17-8-6-7-15(2)16(17)3;/h6-8H,5,9-14H2,1-4H3,(H,24,25);1H. The van der Waals surface area contributed by atoms with Gasteiger partial charge in [0.25, 0.3) is 0 Å². The zero-order chi connectivity index (χ0) is 21.6. The molecule has 0 unspecified atom stereocenters. The molecule has 1 fully saturated rings. The van der Waals surface area contributed by atoms with Crippen molar-refractivity contribution >= 4 is 41.5 Å². The molecule has 0 aliphatic carbocycles. The van der Waals surface area contributed by atoms with Gasteiger partial charge in [0.05, 0.1) is 0 Å². The van der Waals surface area contributed by atoms with Gasteiger partial charge in [0, 0.05) is 45.5 Å². The lowest BCUT2D eigenvalue weighted by atomic mass is 10.1. The van der Waals surface area contributed by atoms with Gasteiger partial charge in [-0.3, -0.25) is 4.79 Å². The van der Waals surface area contributed by atoms with Crippen LogP contribution in [0.2, 0.25) is 0 Å². The van der Waals surface area contributed by atoms with E-state index in [0.29, 0.717) is 30.5 Å². The molecule has 1 aromatic carbocycles. The first-order valence-corrected chi connectivity index (χ1v) is 9.77. The molecular formula is C20H31F3IN5O. The highest BCUT2D eigenvalue weighted by atomic mass is 127. The molecule has 30 heavy (non-hydrogen) atoms. The number of alkyl halides is 3. The fourth-order valence-corrected chi connectivity index (χ4v) is 3.28. The van der Waals surface area contributed by atoms with Crippen molar-refractivity contribution < 1.29 is 18.0 Å². The number of carbonyl (C=O) groups excluding carboxylic acids is 1. The van der Waals surface area contributed by atoms with Crippen molar-refractivity contribution in [3.8, 4) is 0 Å². The summed E-state index contributed by atoms with van der Waals surface area (Å²) in [5.74, 6) is -0.103. The Kier molecular flexibility index (Phi) is 10.2. The van der Waals surface area contributed by atoms with Crippen LogP contribution in [0.15, 0.2) is 23.2 Å². The Labute approximate surface area is 193 Å². The van der Waals surface area contributed by atoms with Gasteiger partial charge in [0.2, 0.25) is 5.91 Å². The van der Waals surface area contributed by atoms with Crippen molar-refractivity contribution in [2.45, 2.75) is 26.9 Å². The maximum atomic E-state index is 12.5. The molecular weight excluding hydrogens is 510 g/mol. The number of piperazine rings is 1. The third-order valence-corrected chi connectivity index (χ3v) is 5.04. The molecule has 6 nitrogen and oxygen atoms in total. The van der Waals surface area contributed by atoms with E-state index in [-0.39, 0.29) is 30.5 Å². The van der Waals surface area contributed by atoms with Crippen molar-refractivity contribution in [2.24, 2.45) is 4.99 Å². The van der Waals surface area contributed by atoms with Gasteiger partial charge in [0.15, 0.2) is 5.96 Å². The molecule has 10 heteroatoms. The van der Waals surface area contributed by atoms with Crippen molar-refractivity contribution in [1.29, 1.82) is 0 Å². The third-order valence-electron chi connectivity index (χ3n) is 5.04. The average Bonchev–Trinajstić information content (AvgIpc) is 2.66. The number of likely N-dealkylation sites (N-methyl/N-ethyl adjacent to an activating group) is 1. The normalized spacial score (nSPS) is 15.0. The van der Waals surface area contributed by atoms with Crippen molar-refractivity contribution in [3.05, 3.63) is 29.3 Å². The minimum Gasteiger partial charge on any atom is -0.368 e. The summed E-state index contributed by atoms with van der Waals surface area (Å²) in [6, 6.07) is 6.27. The summed E-state index contributed by atoms with van der Waals surface area (Å²) in [6.07, 6.45) is -4.41. The topological polar surface area (TPSA) is 51.2 Å². The molecule has 0 spiro atoms. The lowest BCUT2D eigenvalue weighted by Crippen LogP contribution is -2.53. The number of halogens is 4. The first-order valence-electron chi connectivity index (χ1n) is 9.77. The summed E-state index contributed by atoms with van der Waals surface area (Å²) in [4.78, 5) is 21.3. The van der Waals surface area contributed by atoms with E-state index in [1.54, 1.807) is 0 Å². The van der Waals surface area contributed by atoms with E-state index in [1.165, 1.54) is 16.8 Å². The Morgan fingerprint density at radius 3 is 2.40 bits per heavy atom. The summed E-state index contributed by atoms with van der Waals surface area (Å²) in [5, 5.41) is 3.13. The molecule has 170 valence electrons. The number of hydrogen-bond donors (Lipinski definition) is 1. The third kappa shape index (κ3) is 7.51. The maximum Gasteiger partial charge on any atom is 0.406 e. The van der Waals surface area contributed by atoms with Gasteiger partial charge in [-0.05, 0) is 38.0 Å². The highest BCUT2D eigenvalue weighted by molar-refractivity contribution is 14.0. The van der Waals surface area contributed by atoms with Crippen LogP contribution in [-0.2, 0) is 4.79 Å². The molecule has 0 saturated carbocycles. The largest absolute Gasteiger partial charge is 0.406 e. The predicted octanol–water partition coefficient (Wildman–Crippen LogP) is 3.03. The molecule has 0 atom stereocenters. The highest BCUT2D eigenvalue weighted by Gasteiger charge is 2.31. The number of anilines is 1. The molecule has 1 N–H and O–H groups in total. The zero-order valence-electron chi connectivity index (χ0n) is 17.9. The molecule has 0 aromatic heterocycles. The smallest absolute Gasteiger partial charge is 0.368 e. The first kappa shape index (κ1) is 26.3. The van der Waals surface area contributed by atoms with Gasteiger partial charge < -0.3 is 20.0 Å². The molecule has 1 aliphatic heterocycles. The number of amides is 1. The second-order valence-corrected chi connectivity index (χ2v) is 7.23. The van der Waals surface area contributed by atoms with Crippen LogP contribution in [0.1, 0.15) is 18.1 Å². The van der Waals surface area contributed by atoms with E-state index in [9.17, 15) is 18.0 Å². The van der Waals surface area contributed by atoms with Gasteiger partial charge in [0.1, 0.15) is 13.1 Å². The van der Waals surface area contributed by atoms with Gasteiger partial charge in [-0.25, -0.2) is 4.99 Å². The molecule has 1 heterocycles. The number of carbonyl (C=O) groups is 1. The van der Waals surface area contributed by atoms with Crippen LogP contribution in [0.25, 0.3) is 0 Å². The summed E-state index contributed by atoms with van der Waals surface area (Å²) >= 11 is 0. The number of hydrogen-bond acceptors (Lipinski definition) is 3. The SMILES string of the molecule is CCNC(=NCC(=O)N(C)CC(F)(F)F)N1CCN(c2cccc(C)c2C)CC1.I. The fraction of sp³-hybridized carbons (Fsp3) is 0.600. The number of aryl methyl sites for hydroxylation is 1. The van der Waals surface area contributed by atoms with Crippen LogP contribution in [0.5, 0.6) is 0 Å². The Hall–Kier alpha value is -1.72. The minimum atomic E-state index is -4.41. The van der Waals surface area contributed by atoms with Crippen molar-refractivity contribution in [2.75, 3.05) is 57.8 Å².